The van der Waals surface area contributed by atoms with Gasteiger partial charge >= 0.3 is 0 Å². The Balaban J connectivity index is 1.67. The zero-order valence-electron chi connectivity index (χ0n) is 15.4. The molecule has 0 saturated carbocycles. The first-order valence-corrected chi connectivity index (χ1v) is 10.8. The van der Waals surface area contributed by atoms with E-state index in [9.17, 15) is 8.42 Å². The molecule has 0 aromatic heterocycles. The molecule has 0 aliphatic carbocycles. The molecule has 4 rings (SSSR count). The van der Waals surface area contributed by atoms with Gasteiger partial charge in [-0.05, 0) is 39.3 Å². The van der Waals surface area contributed by atoms with Crippen molar-refractivity contribution in [1.29, 1.82) is 0 Å². The number of anilines is 1. The van der Waals surface area contributed by atoms with Crippen LogP contribution in [-0.2, 0) is 14.8 Å². The number of hydrogen-bond acceptors (Lipinski definition) is 5. The lowest BCUT2D eigenvalue weighted by atomic mass is 9.93. The average Bonchev–Trinajstić information content (AvgIpc) is 2.94. The van der Waals surface area contributed by atoms with Gasteiger partial charge in [0.1, 0.15) is 12.4 Å². The predicted molar refractivity (Wildman–Crippen MR) is 102 cm³/mol. The fourth-order valence-corrected chi connectivity index (χ4v) is 5.96. The van der Waals surface area contributed by atoms with Crippen LogP contribution in [0.3, 0.4) is 0 Å². The average molecular weight is 401 g/mol. The lowest BCUT2D eigenvalue weighted by molar-refractivity contribution is -0.0968. The molecule has 3 heterocycles. The molecular formula is C18H25ClN2O4S. The van der Waals surface area contributed by atoms with E-state index in [0.717, 1.165) is 24.4 Å². The van der Waals surface area contributed by atoms with Crippen LogP contribution in [0.1, 0.15) is 27.2 Å². The molecular weight excluding hydrogens is 376 g/mol. The first-order chi connectivity index (χ1) is 12.1. The summed E-state index contributed by atoms with van der Waals surface area (Å²) in [6.07, 6.45) is 0.768. The van der Waals surface area contributed by atoms with Gasteiger partial charge in [0.2, 0.25) is 10.0 Å². The van der Waals surface area contributed by atoms with Crippen molar-refractivity contribution < 1.29 is 17.9 Å². The van der Waals surface area contributed by atoms with E-state index in [2.05, 4.69) is 4.90 Å². The molecule has 0 bridgehead atoms. The van der Waals surface area contributed by atoms with Gasteiger partial charge in [0.15, 0.2) is 0 Å². The van der Waals surface area contributed by atoms with Gasteiger partial charge in [-0.25, -0.2) is 8.42 Å². The standard InChI is InChI=1S/C18H25ClN2O4S/c1-17(2,3)26(22,23)21-10-14(9-18(21)11-24-12-18)20-6-7-25-16-8-13(19)4-5-15(16)20/h4-5,8,14H,6-7,9-12H2,1-3H3. The van der Waals surface area contributed by atoms with Crippen molar-refractivity contribution in [1.82, 2.24) is 4.31 Å². The summed E-state index contributed by atoms with van der Waals surface area (Å²) < 4.78 is 38.5. The van der Waals surface area contributed by atoms with E-state index in [-0.39, 0.29) is 6.04 Å². The van der Waals surface area contributed by atoms with Crippen LogP contribution >= 0.6 is 11.6 Å². The van der Waals surface area contributed by atoms with E-state index < -0.39 is 20.3 Å². The summed E-state index contributed by atoms with van der Waals surface area (Å²) in [7, 11) is -3.43. The highest BCUT2D eigenvalue weighted by atomic mass is 35.5. The third kappa shape index (κ3) is 2.71. The number of benzene rings is 1. The number of hydrogen-bond donors (Lipinski definition) is 0. The zero-order chi connectivity index (χ0) is 18.7. The van der Waals surface area contributed by atoms with Gasteiger partial charge in [0, 0.05) is 23.7 Å². The second-order valence-electron chi connectivity index (χ2n) is 8.38. The summed E-state index contributed by atoms with van der Waals surface area (Å²) in [5.74, 6) is 0.764. The van der Waals surface area contributed by atoms with Gasteiger partial charge in [-0.3, -0.25) is 0 Å². The van der Waals surface area contributed by atoms with E-state index >= 15 is 0 Å². The van der Waals surface area contributed by atoms with Crippen LogP contribution in [0.15, 0.2) is 18.2 Å². The molecule has 0 N–H and O–H groups in total. The van der Waals surface area contributed by atoms with E-state index in [1.807, 2.05) is 18.2 Å². The van der Waals surface area contributed by atoms with E-state index in [4.69, 9.17) is 21.1 Å². The third-order valence-electron chi connectivity index (χ3n) is 5.59. The Bertz CT molecular complexity index is 817. The summed E-state index contributed by atoms with van der Waals surface area (Å²) in [4.78, 5) is 2.27. The maximum absolute atomic E-state index is 13.2. The molecule has 3 aliphatic rings. The van der Waals surface area contributed by atoms with Gasteiger partial charge < -0.3 is 14.4 Å². The summed E-state index contributed by atoms with van der Waals surface area (Å²) in [5, 5.41) is 0.637. The Morgan fingerprint density at radius 2 is 2.00 bits per heavy atom. The van der Waals surface area contributed by atoms with Crippen molar-refractivity contribution in [3.63, 3.8) is 0 Å². The van der Waals surface area contributed by atoms with Crippen molar-refractivity contribution in [2.75, 3.05) is 37.8 Å². The number of fused-ring (bicyclic) bond motifs is 1. The van der Waals surface area contributed by atoms with Crippen LogP contribution in [0, 0.1) is 0 Å². The van der Waals surface area contributed by atoms with Crippen molar-refractivity contribution in [2.24, 2.45) is 0 Å². The molecule has 1 unspecified atom stereocenters. The quantitative estimate of drug-likeness (QED) is 0.763. The van der Waals surface area contributed by atoms with Gasteiger partial charge in [0.05, 0.1) is 35.7 Å². The summed E-state index contributed by atoms with van der Waals surface area (Å²) in [6, 6.07) is 5.73. The first-order valence-electron chi connectivity index (χ1n) is 8.93. The second kappa shape index (κ2) is 5.99. The highest BCUT2D eigenvalue weighted by Gasteiger charge is 2.58. The number of rotatable bonds is 2. The van der Waals surface area contributed by atoms with Crippen molar-refractivity contribution in [3.8, 4) is 5.75 Å². The molecule has 0 amide bonds. The van der Waals surface area contributed by atoms with E-state index in [1.165, 1.54) is 0 Å². The molecule has 1 spiro atoms. The molecule has 1 aromatic rings. The Labute approximate surface area is 160 Å². The fraction of sp³-hybridized carbons (Fsp3) is 0.667. The number of ether oxygens (including phenoxy) is 2. The predicted octanol–water partition coefficient (Wildman–Crippen LogP) is 2.51. The molecule has 3 aliphatic heterocycles. The summed E-state index contributed by atoms with van der Waals surface area (Å²) in [6.45, 7) is 8.00. The van der Waals surface area contributed by atoms with Crippen LogP contribution in [-0.4, -0.2) is 62.0 Å². The lowest BCUT2D eigenvalue weighted by Crippen LogP contribution is -2.62. The minimum Gasteiger partial charge on any atom is -0.490 e. The molecule has 1 aromatic carbocycles. The van der Waals surface area contributed by atoms with Gasteiger partial charge in [-0.1, -0.05) is 11.6 Å². The van der Waals surface area contributed by atoms with Gasteiger partial charge in [0.25, 0.3) is 0 Å². The molecule has 2 saturated heterocycles. The zero-order valence-corrected chi connectivity index (χ0v) is 16.9. The van der Waals surface area contributed by atoms with E-state index in [1.54, 1.807) is 25.1 Å². The molecule has 8 heteroatoms. The van der Waals surface area contributed by atoms with Crippen molar-refractivity contribution >= 4 is 27.3 Å². The maximum Gasteiger partial charge on any atom is 0.219 e. The second-order valence-corrected chi connectivity index (χ2v) is 11.4. The summed E-state index contributed by atoms with van der Waals surface area (Å²) >= 11 is 6.09. The monoisotopic (exact) mass is 400 g/mol. The first kappa shape index (κ1) is 18.3. The molecule has 144 valence electrons. The number of nitrogens with zero attached hydrogens (tertiary/aromatic N) is 2. The Morgan fingerprint density at radius 3 is 2.62 bits per heavy atom. The normalized spacial score (nSPS) is 25.7. The fourth-order valence-electron chi connectivity index (χ4n) is 4.08. The third-order valence-corrected chi connectivity index (χ3v) is 8.49. The van der Waals surface area contributed by atoms with Gasteiger partial charge in [-0.15, -0.1) is 0 Å². The topological polar surface area (TPSA) is 59.1 Å². The molecule has 2 fully saturated rings. The lowest BCUT2D eigenvalue weighted by Gasteiger charge is -2.46. The van der Waals surface area contributed by atoms with Crippen LogP contribution in [0.4, 0.5) is 5.69 Å². The molecule has 0 radical (unpaired) electrons. The maximum atomic E-state index is 13.2. The minimum absolute atomic E-state index is 0.0971. The number of halogens is 1. The molecule has 26 heavy (non-hydrogen) atoms. The molecule has 6 nitrogen and oxygen atoms in total. The van der Waals surface area contributed by atoms with E-state index in [0.29, 0.717) is 31.4 Å². The number of sulfonamides is 1. The van der Waals surface area contributed by atoms with Crippen molar-refractivity contribution in [3.05, 3.63) is 23.2 Å². The smallest absolute Gasteiger partial charge is 0.219 e. The summed E-state index contributed by atoms with van der Waals surface area (Å²) in [5.41, 5.74) is 0.567. The van der Waals surface area contributed by atoms with Crippen molar-refractivity contribution in [2.45, 2.75) is 43.5 Å². The highest BCUT2D eigenvalue weighted by Crippen LogP contribution is 2.45. The highest BCUT2D eigenvalue weighted by molar-refractivity contribution is 7.90. The van der Waals surface area contributed by atoms with Crippen LogP contribution in [0.5, 0.6) is 5.75 Å². The van der Waals surface area contributed by atoms with Crippen LogP contribution in [0.25, 0.3) is 0 Å². The molecule has 1 atom stereocenters. The Hall–Kier alpha value is -1.02. The van der Waals surface area contributed by atoms with Crippen LogP contribution in [0.2, 0.25) is 5.02 Å². The Morgan fingerprint density at radius 1 is 1.27 bits per heavy atom. The Kier molecular flexibility index (Phi) is 4.23. The minimum atomic E-state index is -3.43. The van der Waals surface area contributed by atoms with Gasteiger partial charge in [-0.2, -0.15) is 4.31 Å². The SMILES string of the molecule is CC(C)(C)S(=O)(=O)N1CC(N2CCOc3cc(Cl)ccc32)CC12COC2. The largest absolute Gasteiger partial charge is 0.490 e. The van der Waals surface area contributed by atoms with Crippen LogP contribution < -0.4 is 9.64 Å².